The Morgan fingerprint density at radius 1 is 1.14 bits per heavy atom. The summed E-state index contributed by atoms with van der Waals surface area (Å²) in [6.07, 6.45) is 4.69. The molecule has 2 aromatic carbocycles. The van der Waals surface area contributed by atoms with Gasteiger partial charge in [-0.15, -0.1) is 0 Å². The Kier molecular flexibility index (Phi) is 4.23. The first-order valence-electron chi connectivity index (χ1n) is 9.57. The molecule has 1 fully saturated rings. The number of aromatic amines is 1. The van der Waals surface area contributed by atoms with Gasteiger partial charge in [-0.1, -0.05) is 34.1 Å². The molecule has 2 N–H and O–H groups in total. The minimum atomic E-state index is -0.875. The largest absolute Gasteiger partial charge is 0.465 e. The van der Waals surface area contributed by atoms with E-state index in [1.807, 2.05) is 6.20 Å². The molecule has 28 heavy (non-hydrogen) atoms. The number of rotatable bonds is 2. The molecular formula is C22H20BrN3O2. The maximum atomic E-state index is 11.4. The van der Waals surface area contributed by atoms with Gasteiger partial charge < -0.3 is 10.1 Å². The number of benzene rings is 2. The maximum absolute atomic E-state index is 11.4. The summed E-state index contributed by atoms with van der Waals surface area (Å²) in [4.78, 5) is 20.8. The van der Waals surface area contributed by atoms with Crippen molar-refractivity contribution < 1.29 is 9.90 Å². The molecule has 142 valence electrons. The Morgan fingerprint density at radius 3 is 2.68 bits per heavy atom. The Bertz CT molecular complexity index is 1080. The van der Waals surface area contributed by atoms with E-state index in [-0.39, 0.29) is 6.04 Å². The highest BCUT2D eigenvalue weighted by molar-refractivity contribution is 9.10. The number of likely N-dealkylation sites (tertiary alicyclic amines) is 1. The number of halogens is 1. The molecule has 5 nitrogen and oxygen atoms in total. The lowest BCUT2D eigenvalue weighted by Crippen LogP contribution is -2.29. The van der Waals surface area contributed by atoms with Crippen LogP contribution in [0, 0.1) is 0 Å². The minimum Gasteiger partial charge on any atom is -0.465 e. The van der Waals surface area contributed by atoms with Crippen molar-refractivity contribution in [2.45, 2.75) is 31.7 Å². The summed E-state index contributed by atoms with van der Waals surface area (Å²) in [5.74, 6) is 0.739. The number of hydrogen-bond acceptors (Lipinski definition) is 2. The Labute approximate surface area is 171 Å². The number of H-pyrrole nitrogens is 1. The van der Waals surface area contributed by atoms with Crippen LogP contribution >= 0.6 is 15.9 Å². The van der Waals surface area contributed by atoms with Crippen molar-refractivity contribution in [3.05, 3.63) is 64.0 Å². The molecule has 3 aromatic rings. The number of carbonyl (C=O) groups is 1. The summed E-state index contributed by atoms with van der Waals surface area (Å²) in [6.45, 7) is 0.574. The molecule has 2 aliphatic rings. The molecule has 1 aliphatic carbocycles. The molecule has 5 rings (SSSR count). The fourth-order valence-electron chi connectivity index (χ4n) is 4.46. The molecule has 0 radical (unpaired) electrons. The number of imidazole rings is 1. The number of hydrogen-bond donors (Lipinski definition) is 2. The molecule has 1 unspecified atom stereocenters. The van der Waals surface area contributed by atoms with E-state index in [0.29, 0.717) is 6.54 Å². The van der Waals surface area contributed by atoms with Crippen molar-refractivity contribution in [2.75, 3.05) is 6.54 Å². The fraction of sp³-hybridized carbons (Fsp3) is 0.273. The molecule has 0 spiro atoms. The normalized spacial score (nSPS) is 18.0. The lowest BCUT2D eigenvalue weighted by molar-refractivity contribution is 0.139. The molecule has 0 saturated carbocycles. The molecule has 0 bridgehead atoms. The second-order valence-corrected chi connectivity index (χ2v) is 8.41. The van der Waals surface area contributed by atoms with Gasteiger partial charge in [-0.25, -0.2) is 9.78 Å². The topological polar surface area (TPSA) is 69.2 Å². The van der Waals surface area contributed by atoms with E-state index in [9.17, 15) is 9.90 Å². The number of fused-ring (bicyclic) bond motifs is 3. The molecule has 2 heterocycles. The number of carboxylic acid groups (broad SMARTS) is 1. The van der Waals surface area contributed by atoms with Crippen LogP contribution in [0.5, 0.6) is 0 Å². The van der Waals surface area contributed by atoms with E-state index < -0.39 is 6.09 Å². The van der Waals surface area contributed by atoms with Gasteiger partial charge in [0.25, 0.3) is 0 Å². The van der Waals surface area contributed by atoms with Gasteiger partial charge in [-0.05, 0) is 71.7 Å². The van der Waals surface area contributed by atoms with Crippen molar-refractivity contribution in [2.24, 2.45) is 0 Å². The first kappa shape index (κ1) is 17.5. The summed E-state index contributed by atoms with van der Waals surface area (Å²) < 4.78 is 1.12. The fourth-order valence-corrected chi connectivity index (χ4v) is 4.87. The number of amides is 1. The highest BCUT2D eigenvalue weighted by Gasteiger charge is 2.31. The SMILES string of the molecule is O=C(O)N1CCCC1c1ncc(-c2ccc3c(c2)CCc2cc(Br)ccc2-3)[nH]1. The van der Waals surface area contributed by atoms with Crippen LogP contribution in [0.4, 0.5) is 4.79 Å². The van der Waals surface area contributed by atoms with Crippen molar-refractivity contribution in [3.8, 4) is 22.4 Å². The van der Waals surface area contributed by atoms with Crippen molar-refractivity contribution in [1.82, 2.24) is 14.9 Å². The van der Waals surface area contributed by atoms with Crippen LogP contribution in [0.1, 0.15) is 35.8 Å². The van der Waals surface area contributed by atoms with Crippen LogP contribution in [0.25, 0.3) is 22.4 Å². The summed E-state index contributed by atoms with van der Waals surface area (Å²) >= 11 is 3.56. The highest BCUT2D eigenvalue weighted by atomic mass is 79.9. The molecule has 6 heteroatoms. The summed E-state index contributed by atoms with van der Waals surface area (Å²) in [5, 5.41) is 9.38. The van der Waals surface area contributed by atoms with Gasteiger partial charge in [0.05, 0.1) is 17.9 Å². The average Bonchev–Trinajstić information content (AvgIpc) is 3.36. The monoisotopic (exact) mass is 437 g/mol. The number of nitrogens with zero attached hydrogens (tertiary/aromatic N) is 2. The Hall–Kier alpha value is -2.60. The number of nitrogens with one attached hydrogen (secondary N) is 1. The Morgan fingerprint density at radius 2 is 1.89 bits per heavy atom. The Balaban J connectivity index is 1.47. The number of aromatic nitrogens is 2. The first-order chi connectivity index (χ1) is 13.6. The minimum absolute atomic E-state index is 0.172. The smallest absolute Gasteiger partial charge is 0.407 e. The van der Waals surface area contributed by atoms with E-state index in [1.54, 1.807) is 0 Å². The van der Waals surface area contributed by atoms with E-state index in [4.69, 9.17) is 0 Å². The third kappa shape index (κ3) is 2.92. The van der Waals surface area contributed by atoms with E-state index in [2.05, 4.69) is 62.3 Å². The maximum Gasteiger partial charge on any atom is 0.407 e. The van der Waals surface area contributed by atoms with Crippen LogP contribution in [-0.4, -0.2) is 32.6 Å². The van der Waals surface area contributed by atoms with Crippen molar-refractivity contribution in [1.29, 1.82) is 0 Å². The lowest BCUT2D eigenvalue weighted by atomic mass is 9.84. The molecule has 1 aromatic heterocycles. The van der Waals surface area contributed by atoms with E-state index >= 15 is 0 Å². The first-order valence-corrected chi connectivity index (χ1v) is 10.4. The third-order valence-corrected chi connectivity index (χ3v) is 6.34. The highest BCUT2D eigenvalue weighted by Crippen LogP contribution is 2.37. The molecule has 1 aliphatic heterocycles. The van der Waals surface area contributed by atoms with Crippen LogP contribution < -0.4 is 0 Å². The van der Waals surface area contributed by atoms with Crippen LogP contribution in [-0.2, 0) is 12.8 Å². The van der Waals surface area contributed by atoms with Gasteiger partial charge in [0.15, 0.2) is 0 Å². The molecule has 1 amide bonds. The quantitative estimate of drug-likeness (QED) is 0.562. The van der Waals surface area contributed by atoms with Gasteiger partial charge >= 0.3 is 6.09 Å². The predicted molar refractivity (Wildman–Crippen MR) is 111 cm³/mol. The van der Waals surface area contributed by atoms with Crippen LogP contribution in [0.2, 0.25) is 0 Å². The van der Waals surface area contributed by atoms with Gasteiger partial charge in [0, 0.05) is 11.0 Å². The van der Waals surface area contributed by atoms with Crippen molar-refractivity contribution in [3.63, 3.8) is 0 Å². The zero-order valence-corrected chi connectivity index (χ0v) is 16.9. The van der Waals surface area contributed by atoms with E-state index in [1.165, 1.54) is 27.2 Å². The van der Waals surface area contributed by atoms with E-state index in [0.717, 1.165) is 47.2 Å². The number of aryl methyl sites for hydroxylation is 2. The third-order valence-electron chi connectivity index (χ3n) is 5.85. The van der Waals surface area contributed by atoms with Gasteiger partial charge in [0.2, 0.25) is 0 Å². The van der Waals surface area contributed by atoms with Gasteiger partial charge in [-0.3, -0.25) is 4.90 Å². The lowest BCUT2D eigenvalue weighted by Gasteiger charge is -2.21. The molecule has 1 saturated heterocycles. The average molecular weight is 438 g/mol. The zero-order chi connectivity index (χ0) is 19.3. The standard InChI is InChI=1S/C22H20BrN3O2/c23-16-6-8-18-14(11-16)4-3-13-10-15(5-7-17(13)18)19-12-24-21(25-19)20-2-1-9-26(20)22(27)28/h5-8,10-12,20H,1-4,9H2,(H,24,25)(H,27,28). The van der Waals surface area contributed by atoms with Crippen LogP contribution in [0.3, 0.4) is 0 Å². The summed E-state index contributed by atoms with van der Waals surface area (Å²) in [5.41, 5.74) is 7.37. The second kappa shape index (κ2) is 6.78. The molecular weight excluding hydrogens is 418 g/mol. The van der Waals surface area contributed by atoms with Gasteiger partial charge in [-0.2, -0.15) is 0 Å². The molecule has 1 atom stereocenters. The zero-order valence-electron chi connectivity index (χ0n) is 15.3. The summed E-state index contributed by atoms with van der Waals surface area (Å²) in [6, 6.07) is 12.9. The van der Waals surface area contributed by atoms with Crippen LogP contribution in [0.15, 0.2) is 47.1 Å². The van der Waals surface area contributed by atoms with Gasteiger partial charge in [0.1, 0.15) is 5.82 Å². The predicted octanol–water partition coefficient (Wildman–Crippen LogP) is 5.42. The van der Waals surface area contributed by atoms with Crippen molar-refractivity contribution >= 4 is 22.0 Å². The second-order valence-electron chi connectivity index (χ2n) is 7.49. The summed E-state index contributed by atoms with van der Waals surface area (Å²) in [7, 11) is 0.